The fourth-order valence-electron chi connectivity index (χ4n) is 0.508. The maximum Gasteiger partial charge on any atom is 0.102 e. The number of nitrogens with zero attached hydrogens (tertiary/aromatic N) is 1. The summed E-state index contributed by atoms with van der Waals surface area (Å²) < 4.78 is 14.7. The van der Waals surface area contributed by atoms with E-state index >= 15 is 0 Å². The molecule has 1 atom stereocenters. The Labute approximate surface area is 55.5 Å². The Balaban J connectivity index is 2.90. The molecule has 0 aromatic heterocycles. The molecule has 2 nitrogen and oxygen atoms in total. The van der Waals surface area contributed by atoms with Crippen molar-refractivity contribution in [3.63, 3.8) is 0 Å². The maximum absolute atomic E-state index is 10.8. The van der Waals surface area contributed by atoms with Crippen LogP contribution in [0.15, 0.2) is 4.36 Å². The predicted octanol–water partition coefficient (Wildman–Crippen LogP) is 1.21. The molecule has 42 valence electrons. The third-order valence-electron chi connectivity index (χ3n) is 0.838. The van der Waals surface area contributed by atoms with Crippen molar-refractivity contribution in [2.45, 2.75) is 6.42 Å². The second-order valence-corrected chi connectivity index (χ2v) is 7.39. The minimum absolute atomic E-state index is 0.799. The minimum atomic E-state index is -1.70. The number of hydrogen-bond acceptors (Lipinski definition) is 2. The smallest absolute Gasteiger partial charge is 0.102 e. The fourth-order valence-corrected chi connectivity index (χ4v) is 3.05. The zero-order valence-corrected chi connectivity index (χ0v) is 6.74. The fraction of sp³-hybridized carbons (Fsp3) is 1.00. The van der Waals surface area contributed by atoms with Crippen molar-refractivity contribution < 1.29 is 4.21 Å². The molecule has 0 fully saturated rings. The molecular weight excluding hydrogens is 225 g/mol. The first-order valence-electron chi connectivity index (χ1n) is 2.11. The Morgan fingerprint density at radius 1 is 1.71 bits per heavy atom. The summed E-state index contributed by atoms with van der Waals surface area (Å²) in [6.45, 7) is -0.894. The van der Waals surface area contributed by atoms with Gasteiger partial charge >= 0.3 is 0 Å². The van der Waals surface area contributed by atoms with Crippen LogP contribution in [0.3, 0.4) is 0 Å². The van der Waals surface area contributed by atoms with E-state index in [9.17, 15) is 4.21 Å². The Morgan fingerprint density at radius 3 is 2.57 bits per heavy atom. The van der Waals surface area contributed by atoms with Gasteiger partial charge in [-0.25, -0.2) is 8.57 Å². The van der Waals surface area contributed by atoms with Crippen LogP contribution in [0.25, 0.3) is 0 Å². The van der Waals surface area contributed by atoms with Crippen LogP contribution in [0.5, 0.6) is 0 Å². The lowest BCUT2D eigenvalue weighted by Crippen LogP contribution is -1.84. The molecule has 0 spiro atoms. The molecule has 0 aromatic carbocycles. The van der Waals surface area contributed by atoms with Gasteiger partial charge in [-0.15, -0.1) is 0 Å². The molecule has 0 bridgehead atoms. The Hall–Kier alpha value is 0.680. The van der Waals surface area contributed by atoms with E-state index in [0.29, 0.717) is 0 Å². The predicted molar refractivity (Wildman–Crippen MR) is 38.9 cm³/mol. The van der Waals surface area contributed by atoms with E-state index in [2.05, 4.69) is 4.36 Å². The van der Waals surface area contributed by atoms with Gasteiger partial charge in [-0.05, 0) is 6.42 Å². The minimum Gasteiger partial charge on any atom is -0.239 e. The molecule has 0 saturated carbocycles. The SMILES string of the molecule is O=[S@]1(I)=NCCC1. The summed E-state index contributed by atoms with van der Waals surface area (Å²) in [5.74, 6) is 0.799. The molecule has 0 amide bonds. The van der Waals surface area contributed by atoms with Crippen LogP contribution < -0.4 is 0 Å². The van der Waals surface area contributed by atoms with E-state index < -0.39 is 6.90 Å². The van der Waals surface area contributed by atoms with Crippen LogP contribution in [0.1, 0.15) is 6.42 Å². The summed E-state index contributed by atoms with van der Waals surface area (Å²) in [6.07, 6.45) is 1.02. The summed E-state index contributed by atoms with van der Waals surface area (Å²) >= 11 is 1.93. The van der Waals surface area contributed by atoms with Crippen molar-refractivity contribution in [3.8, 4) is 0 Å². The van der Waals surface area contributed by atoms with E-state index in [0.717, 1.165) is 18.7 Å². The van der Waals surface area contributed by atoms with Crippen LogP contribution in [0.2, 0.25) is 0 Å². The van der Waals surface area contributed by atoms with Crippen LogP contribution in [0, 0.1) is 0 Å². The second kappa shape index (κ2) is 1.89. The van der Waals surface area contributed by atoms with E-state index in [-0.39, 0.29) is 0 Å². The van der Waals surface area contributed by atoms with E-state index in [4.69, 9.17) is 0 Å². The first-order valence-corrected chi connectivity index (χ1v) is 6.34. The third-order valence-corrected chi connectivity index (χ3v) is 4.36. The first kappa shape index (κ1) is 5.81. The molecule has 0 radical (unpaired) electrons. The highest BCUT2D eigenvalue weighted by atomic mass is 127. The normalized spacial score (nSPS) is 40.7. The van der Waals surface area contributed by atoms with Gasteiger partial charge in [-0.3, -0.25) is 0 Å². The Morgan fingerprint density at radius 2 is 2.43 bits per heavy atom. The second-order valence-electron chi connectivity index (χ2n) is 1.47. The molecule has 4 heteroatoms. The molecule has 1 heterocycles. The van der Waals surface area contributed by atoms with Crippen molar-refractivity contribution in [3.05, 3.63) is 0 Å². The standard InChI is InChI=1S/C3H6INOS/c4-7(6)3-1-2-5-7/h1-3H2/t7-/m1/s1. The highest BCUT2D eigenvalue weighted by Crippen LogP contribution is 2.14. The summed E-state index contributed by atoms with van der Waals surface area (Å²) in [4.78, 5) is 0. The Kier molecular flexibility index (Phi) is 1.57. The van der Waals surface area contributed by atoms with Gasteiger partial charge in [0.2, 0.25) is 0 Å². The van der Waals surface area contributed by atoms with Gasteiger partial charge in [-0.1, -0.05) is 0 Å². The lowest BCUT2D eigenvalue weighted by molar-refractivity contribution is 0.689. The van der Waals surface area contributed by atoms with Gasteiger partial charge < -0.3 is 0 Å². The lowest BCUT2D eigenvalue weighted by Gasteiger charge is -1.82. The molecule has 0 N–H and O–H groups in total. The van der Waals surface area contributed by atoms with Crippen molar-refractivity contribution in [2.24, 2.45) is 4.36 Å². The van der Waals surface area contributed by atoms with Crippen molar-refractivity contribution in [1.82, 2.24) is 0 Å². The molecule has 1 aliphatic heterocycles. The average molecular weight is 231 g/mol. The van der Waals surface area contributed by atoms with E-state index in [1.165, 1.54) is 0 Å². The number of rotatable bonds is 0. The summed E-state index contributed by atoms with van der Waals surface area (Å²) in [6, 6.07) is 0. The van der Waals surface area contributed by atoms with Crippen LogP contribution in [-0.2, 0) is 6.90 Å². The van der Waals surface area contributed by atoms with Gasteiger partial charge in [0.25, 0.3) is 0 Å². The third kappa shape index (κ3) is 1.56. The van der Waals surface area contributed by atoms with Crippen molar-refractivity contribution >= 4 is 28.1 Å². The van der Waals surface area contributed by atoms with Crippen molar-refractivity contribution in [1.29, 1.82) is 0 Å². The zero-order chi connectivity index (χ0) is 5.33. The average Bonchev–Trinajstić information content (AvgIpc) is 1.84. The van der Waals surface area contributed by atoms with Crippen LogP contribution in [0.4, 0.5) is 0 Å². The highest BCUT2D eigenvalue weighted by Gasteiger charge is 2.07. The van der Waals surface area contributed by atoms with Gasteiger partial charge in [0.15, 0.2) is 0 Å². The van der Waals surface area contributed by atoms with Crippen LogP contribution in [-0.4, -0.2) is 16.5 Å². The van der Waals surface area contributed by atoms with Crippen molar-refractivity contribution in [2.75, 3.05) is 12.3 Å². The molecule has 0 saturated heterocycles. The zero-order valence-electron chi connectivity index (χ0n) is 3.76. The lowest BCUT2D eigenvalue weighted by atomic mass is 10.5. The van der Waals surface area contributed by atoms with Gasteiger partial charge in [0.05, 0.1) is 6.54 Å². The van der Waals surface area contributed by atoms with E-state index in [1.807, 2.05) is 21.2 Å². The summed E-state index contributed by atoms with van der Waals surface area (Å²) in [5.41, 5.74) is 0. The topological polar surface area (TPSA) is 29.4 Å². The molecule has 7 heavy (non-hydrogen) atoms. The highest BCUT2D eigenvalue weighted by molar-refractivity contribution is 14.2. The summed E-state index contributed by atoms with van der Waals surface area (Å²) in [7, 11) is 0. The summed E-state index contributed by atoms with van der Waals surface area (Å²) in [5, 5.41) is 0. The quantitative estimate of drug-likeness (QED) is 0.455. The first-order chi connectivity index (χ1) is 3.21. The molecule has 1 rings (SSSR count). The monoisotopic (exact) mass is 231 g/mol. The Bertz CT molecular complexity index is 170. The molecule has 0 aromatic rings. The molecule has 1 aliphatic rings. The van der Waals surface area contributed by atoms with E-state index in [1.54, 1.807) is 0 Å². The molecule has 0 aliphatic carbocycles. The van der Waals surface area contributed by atoms with Crippen LogP contribution >= 0.6 is 21.2 Å². The van der Waals surface area contributed by atoms with Gasteiger partial charge in [0, 0.05) is 27.0 Å². The molecular formula is C3H6INOS. The largest absolute Gasteiger partial charge is 0.239 e. The van der Waals surface area contributed by atoms with Gasteiger partial charge in [0.1, 0.15) is 6.90 Å². The number of hydrogen-bond donors (Lipinski definition) is 0. The van der Waals surface area contributed by atoms with Gasteiger partial charge in [-0.2, -0.15) is 0 Å². The molecule has 0 unspecified atom stereocenters. The number of halogens is 1. The maximum atomic E-state index is 10.8.